The lowest BCUT2D eigenvalue weighted by molar-refractivity contribution is -0.136. The molecule has 5 nitrogen and oxygen atoms in total. The van der Waals surface area contributed by atoms with Crippen molar-refractivity contribution in [1.82, 2.24) is 5.32 Å². The Morgan fingerprint density at radius 3 is 2.13 bits per heavy atom. The van der Waals surface area contributed by atoms with Gasteiger partial charge in [-0.25, -0.2) is 9.59 Å². The van der Waals surface area contributed by atoms with Crippen LogP contribution in [0.5, 0.6) is 0 Å². The first kappa shape index (κ1) is 13.5. The molecule has 0 bridgehead atoms. The Balaban J connectivity index is 4.34. The molecule has 0 saturated heterocycles. The van der Waals surface area contributed by atoms with Crippen LogP contribution in [-0.2, 0) is 14.3 Å². The summed E-state index contributed by atoms with van der Waals surface area (Å²) in [5.74, 6) is -0.608. The number of methoxy groups -OCH3 is 1. The van der Waals surface area contributed by atoms with Gasteiger partial charge in [-0.3, -0.25) is 5.32 Å². The van der Waals surface area contributed by atoms with E-state index in [9.17, 15) is 9.59 Å². The van der Waals surface area contributed by atoms with Crippen LogP contribution in [-0.4, -0.2) is 24.8 Å². The fraction of sp³-hybridized carbons (Fsp3) is 0.600. The van der Waals surface area contributed by atoms with Crippen molar-refractivity contribution >= 4 is 12.1 Å². The van der Waals surface area contributed by atoms with E-state index < -0.39 is 17.7 Å². The van der Waals surface area contributed by atoms with E-state index in [2.05, 4.69) is 10.1 Å². The van der Waals surface area contributed by atoms with Crippen LogP contribution in [0.3, 0.4) is 0 Å². The molecule has 0 aromatic rings. The fourth-order valence-electron chi connectivity index (χ4n) is 0.765. The van der Waals surface area contributed by atoms with Gasteiger partial charge in [-0.05, 0) is 27.7 Å². The SMILES string of the molecule is C/C=C(\NC(=O)OC(C)(C)C)C(=O)OC. The molecule has 0 aliphatic heterocycles. The van der Waals surface area contributed by atoms with E-state index in [1.807, 2.05) is 0 Å². The van der Waals surface area contributed by atoms with E-state index in [-0.39, 0.29) is 5.70 Å². The number of amides is 1. The van der Waals surface area contributed by atoms with Crippen LogP contribution in [0.25, 0.3) is 0 Å². The average molecular weight is 215 g/mol. The summed E-state index contributed by atoms with van der Waals surface area (Å²) >= 11 is 0. The van der Waals surface area contributed by atoms with Crippen LogP contribution in [0.15, 0.2) is 11.8 Å². The minimum Gasteiger partial charge on any atom is -0.464 e. The van der Waals surface area contributed by atoms with Crippen LogP contribution in [0.2, 0.25) is 0 Å². The van der Waals surface area contributed by atoms with Crippen molar-refractivity contribution < 1.29 is 19.1 Å². The summed E-state index contributed by atoms with van der Waals surface area (Å²) in [4.78, 5) is 22.3. The van der Waals surface area contributed by atoms with Gasteiger partial charge in [0.25, 0.3) is 0 Å². The number of rotatable bonds is 2. The zero-order valence-corrected chi connectivity index (χ0v) is 9.71. The molecule has 0 spiro atoms. The van der Waals surface area contributed by atoms with E-state index in [1.165, 1.54) is 13.2 Å². The number of allylic oxidation sites excluding steroid dienone is 1. The first-order valence-electron chi connectivity index (χ1n) is 4.54. The number of hydrogen-bond acceptors (Lipinski definition) is 4. The molecule has 0 unspecified atom stereocenters. The van der Waals surface area contributed by atoms with Gasteiger partial charge >= 0.3 is 12.1 Å². The highest BCUT2D eigenvalue weighted by molar-refractivity contribution is 5.92. The topological polar surface area (TPSA) is 64.6 Å². The normalized spacial score (nSPS) is 11.9. The number of esters is 1. The predicted octanol–water partition coefficient (Wildman–Crippen LogP) is 1.59. The van der Waals surface area contributed by atoms with Crippen LogP contribution in [0.4, 0.5) is 4.79 Å². The highest BCUT2D eigenvalue weighted by Gasteiger charge is 2.19. The lowest BCUT2D eigenvalue weighted by atomic mass is 10.2. The van der Waals surface area contributed by atoms with E-state index in [0.717, 1.165) is 0 Å². The maximum absolute atomic E-state index is 11.3. The van der Waals surface area contributed by atoms with Crippen LogP contribution in [0, 0.1) is 0 Å². The minimum absolute atomic E-state index is 0.0618. The molecule has 0 aliphatic carbocycles. The first-order chi connectivity index (χ1) is 6.80. The molecule has 0 radical (unpaired) electrons. The summed E-state index contributed by atoms with van der Waals surface area (Å²) in [6, 6.07) is 0. The molecular formula is C10H17NO4. The third kappa shape index (κ3) is 5.72. The fourth-order valence-corrected chi connectivity index (χ4v) is 0.765. The summed E-state index contributed by atoms with van der Waals surface area (Å²) < 4.78 is 9.42. The molecule has 0 aromatic heterocycles. The largest absolute Gasteiger partial charge is 0.464 e. The second-order valence-electron chi connectivity index (χ2n) is 3.82. The lowest BCUT2D eigenvalue weighted by Gasteiger charge is -2.19. The van der Waals surface area contributed by atoms with E-state index in [4.69, 9.17) is 4.74 Å². The molecule has 0 fully saturated rings. The van der Waals surface area contributed by atoms with Crippen LogP contribution in [0.1, 0.15) is 27.7 Å². The van der Waals surface area contributed by atoms with Crippen molar-refractivity contribution in [1.29, 1.82) is 0 Å². The molecule has 0 atom stereocenters. The summed E-state index contributed by atoms with van der Waals surface area (Å²) in [6.45, 7) is 6.82. The molecular weight excluding hydrogens is 198 g/mol. The number of ether oxygens (including phenoxy) is 2. The van der Waals surface area contributed by atoms with Crippen molar-refractivity contribution in [3.63, 3.8) is 0 Å². The Kier molecular flexibility index (Phi) is 4.84. The Hall–Kier alpha value is -1.52. The lowest BCUT2D eigenvalue weighted by Crippen LogP contribution is -2.34. The zero-order valence-electron chi connectivity index (χ0n) is 9.71. The third-order valence-corrected chi connectivity index (χ3v) is 1.33. The molecule has 5 heteroatoms. The van der Waals surface area contributed by atoms with Gasteiger partial charge in [0.2, 0.25) is 0 Å². The molecule has 86 valence electrons. The third-order valence-electron chi connectivity index (χ3n) is 1.33. The Labute approximate surface area is 89.4 Å². The number of nitrogens with one attached hydrogen (secondary N) is 1. The van der Waals surface area contributed by atoms with Crippen molar-refractivity contribution in [3.8, 4) is 0 Å². The number of carbonyl (C=O) groups is 2. The van der Waals surface area contributed by atoms with Crippen molar-refractivity contribution in [2.24, 2.45) is 0 Å². The number of carbonyl (C=O) groups excluding carboxylic acids is 2. The quantitative estimate of drug-likeness (QED) is 0.561. The summed E-state index contributed by atoms with van der Waals surface area (Å²) in [5, 5.41) is 2.30. The maximum Gasteiger partial charge on any atom is 0.412 e. The molecule has 0 aliphatic rings. The Morgan fingerprint density at radius 2 is 1.80 bits per heavy atom. The van der Waals surface area contributed by atoms with Crippen molar-refractivity contribution in [2.75, 3.05) is 7.11 Å². The van der Waals surface area contributed by atoms with Crippen molar-refractivity contribution in [3.05, 3.63) is 11.8 Å². The molecule has 1 N–H and O–H groups in total. The van der Waals surface area contributed by atoms with Gasteiger partial charge in [0.15, 0.2) is 0 Å². The van der Waals surface area contributed by atoms with Gasteiger partial charge < -0.3 is 9.47 Å². The second-order valence-corrected chi connectivity index (χ2v) is 3.82. The van der Waals surface area contributed by atoms with Gasteiger partial charge in [-0.2, -0.15) is 0 Å². The van der Waals surface area contributed by atoms with Crippen LogP contribution >= 0.6 is 0 Å². The summed E-state index contributed by atoms with van der Waals surface area (Å²) in [7, 11) is 1.24. The van der Waals surface area contributed by atoms with Gasteiger partial charge in [0.05, 0.1) is 7.11 Å². The molecule has 0 rings (SSSR count). The minimum atomic E-state index is -0.680. The van der Waals surface area contributed by atoms with E-state index in [0.29, 0.717) is 0 Å². The Morgan fingerprint density at radius 1 is 1.27 bits per heavy atom. The summed E-state index contributed by atoms with van der Waals surface area (Å²) in [6.07, 6.45) is 0.761. The Bertz CT molecular complexity index is 276. The zero-order chi connectivity index (χ0) is 12.1. The van der Waals surface area contributed by atoms with E-state index >= 15 is 0 Å². The van der Waals surface area contributed by atoms with Gasteiger partial charge in [-0.15, -0.1) is 0 Å². The van der Waals surface area contributed by atoms with Crippen molar-refractivity contribution in [2.45, 2.75) is 33.3 Å². The monoisotopic (exact) mass is 215 g/mol. The van der Waals surface area contributed by atoms with Gasteiger partial charge in [0, 0.05) is 0 Å². The maximum atomic E-state index is 11.3. The smallest absolute Gasteiger partial charge is 0.412 e. The first-order valence-corrected chi connectivity index (χ1v) is 4.54. The highest BCUT2D eigenvalue weighted by atomic mass is 16.6. The molecule has 0 aromatic carbocycles. The molecule has 15 heavy (non-hydrogen) atoms. The molecule has 0 heterocycles. The van der Waals surface area contributed by atoms with Crippen LogP contribution < -0.4 is 5.32 Å². The predicted molar refractivity (Wildman–Crippen MR) is 55.1 cm³/mol. The van der Waals surface area contributed by atoms with Gasteiger partial charge in [0.1, 0.15) is 11.3 Å². The summed E-state index contributed by atoms with van der Waals surface area (Å²) in [5.41, 5.74) is -0.536. The number of alkyl carbamates (subject to hydrolysis) is 1. The highest BCUT2D eigenvalue weighted by Crippen LogP contribution is 2.07. The second kappa shape index (κ2) is 5.38. The molecule has 1 amide bonds. The molecule has 0 saturated carbocycles. The van der Waals surface area contributed by atoms with E-state index in [1.54, 1.807) is 27.7 Å². The average Bonchev–Trinajstić information content (AvgIpc) is 2.10. The van der Waals surface area contributed by atoms with Gasteiger partial charge in [-0.1, -0.05) is 6.08 Å². The standard InChI is InChI=1S/C10H17NO4/c1-6-7(8(12)14-5)11-9(13)15-10(2,3)4/h6H,1-5H3,(H,11,13)/b7-6-. The number of hydrogen-bond donors (Lipinski definition) is 1.